The van der Waals surface area contributed by atoms with E-state index in [4.69, 9.17) is 0 Å². The molecule has 0 saturated carbocycles. The van der Waals surface area contributed by atoms with E-state index in [1.165, 1.54) is 0 Å². The lowest BCUT2D eigenvalue weighted by atomic mass is 9.97. The third kappa shape index (κ3) is 1.70. The Morgan fingerprint density at radius 2 is 2.20 bits per heavy atom. The van der Waals surface area contributed by atoms with E-state index in [1.807, 2.05) is 7.05 Å². The van der Waals surface area contributed by atoms with E-state index in [0.717, 1.165) is 5.69 Å². The van der Waals surface area contributed by atoms with Gasteiger partial charge in [-0.25, -0.2) is 4.68 Å². The van der Waals surface area contributed by atoms with Crippen LogP contribution in [0.5, 0.6) is 0 Å². The van der Waals surface area contributed by atoms with Gasteiger partial charge in [0.05, 0.1) is 0 Å². The Balaban J connectivity index is 2.39. The fourth-order valence-electron chi connectivity index (χ4n) is 2.27. The van der Waals surface area contributed by atoms with Crippen LogP contribution in [0.3, 0.4) is 0 Å². The highest BCUT2D eigenvalue weighted by atomic mass is 79.9. The molecule has 84 valence electrons. The normalized spacial score (nSPS) is 32.5. The van der Waals surface area contributed by atoms with Gasteiger partial charge in [-0.2, -0.15) is 0 Å². The molecule has 1 aromatic rings. The zero-order valence-corrected chi connectivity index (χ0v) is 10.7. The molecule has 15 heavy (non-hydrogen) atoms. The van der Waals surface area contributed by atoms with E-state index in [9.17, 15) is 5.11 Å². The molecule has 2 atom stereocenters. The number of halogens is 1. The van der Waals surface area contributed by atoms with Crippen molar-refractivity contribution < 1.29 is 5.11 Å². The topological polar surface area (TPSA) is 54.2 Å². The maximum absolute atomic E-state index is 10.6. The molecule has 1 aliphatic rings. The van der Waals surface area contributed by atoms with Gasteiger partial charge in [-0.3, -0.25) is 0 Å². The van der Waals surface area contributed by atoms with Gasteiger partial charge in [0.1, 0.15) is 11.3 Å². The highest BCUT2D eigenvalue weighted by Gasteiger charge is 2.44. The minimum absolute atomic E-state index is 0.372. The summed E-state index contributed by atoms with van der Waals surface area (Å²) in [5.41, 5.74) is -0.0793. The lowest BCUT2D eigenvalue weighted by molar-refractivity contribution is 0.0395. The van der Waals surface area contributed by atoms with Gasteiger partial charge in [0.15, 0.2) is 4.60 Å². The van der Waals surface area contributed by atoms with Crippen molar-refractivity contribution in [2.24, 2.45) is 7.05 Å². The van der Waals surface area contributed by atoms with Crippen LogP contribution in [0.1, 0.15) is 19.0 Å². The van der Waals surface area contributed by atoms with E-state index >= 15 is 0 Å². The quantitative estimate of drug-likeness (QED) is 0.810. The summed E-state index contributed by atoms with van der Waals surface area (Å²) < 4.78 is 2.27. The number of aliphatic hydroxyl groups is 1. The molecule has 0 radical (unpaired) electrons. The van der Waals surface area contributed by atoms with Crippen LogP contribution in [0.15, 0.2) is 4.60 Å². The summed E-state index contributed by atoms with van der Waals surface area (Å²) in [6.07, 6.45) is 0.712. The van der Waals surface area contributed by atoms with Crippen molar-refractivity contribution in [3.8, 4) is 0 Å². The highest BCUT2D eigenvalue weighted by molar-refractivity contribution is 9.10. The average Bonchev–Trinajstić information content (AvgIpc) is 2.56. The lowest BCUT2D eigenvalue weighted by Gasteiger charge is -2.22. The van der Waals surface area contributed by atoms with Gasteiger partial charge >= 0.3 is 0 Å². The van der Waals surface area contributed by atoms with Crippen LogP contribution in [0.4, 0.5) is 0 Å². The molecule has 2 heterocycles. The third-order valence-electron chi connectivity index (χ3n) is 3.12. The second-order valence-corrected chi connectivity index (χ2v) is 5.10. The average molecular weight is 275 g/mol. The molecule has 1 saturated heterocycles. The summed E-state index contributed by atoms with van der Waals surface area (Å²) in [6, 6.07) is 0.372. The molecule has 0 amide bonds. The smallest absolute Gasteiger partial charge is 0.154 e. The summed E-state index contributed by atoms with van der Waals surface area (Å²) in [5.74, 6) is 0. The van der Waals surface area contributed by atoms with Crippen LogP contribution in [-0.4, -0.2) is 44.6 Å². The molecule has 1 aromatic heterocycles. The van der Waals surface area contributed by atoms with Crippen molar-refractivity contribution in [2.45, 2.75) is 25.0 Å². The van der Waals surface area contributed by atoms with Crippen LogP contribution in [0, 0.1) is 0 Å². The van der Waals surface area contributed by atoms with Crippen LogP contribution in [0.2, 0.25) is 0 Å². The Labute approximate surface area is 97.2 Å². The van der Waals surface area contributed by atoms with Gasteiger partial charge in [-0.1, -0.05) is 5.21 Å². The van der Waals surface area contributed by atoms with E-state index in [1.54, 1.807) is 11.7 Å². The molecule has 0 bridgehead atoms. The second-order valence-electron chi connectivity index (χ2n) is 4.35. The molecule has 1 N–H and O–H groups in total. The first-order valence-corrected chi connectivity index (χ1v) is 5.71. The van der Waals surface area contributed by atoms with Gasteiger partial charge in [-0.05, 0) is 36.3 Å². The molecule has 0 aromatic carbocycles. The number of β-amino-alcohol motifs (C(OH)–C–C–N with tert-alkyl or cyclic N) is 1. The number of rotatable bonds is 1. The monoisotopic (exact) mass is 274 g/mol. The molecule has 2 rings (SSSR count). The van der Waals surface area contributed by atoms with Gasteiger partial charge in [0.2, 0.25) is 0 Å². The Morgan fingerprint density at radius 1 is 1.53 bits per heavy atom. The first-order chi connectivity index (χ1) is 6.94. The zero-order chi connectivity index (χ0) is 11.2. The minimum Gasteiger partial charge on any atom is -0.382 e. The van der Waals surface area contributed by atoms with Crippen molar-refractivity contribution in [1.29, 1.82) is 0 Å². The van der Waals surface area contributed by atoms with Gasteiger partial charge in [-0.15, -0.1) is 5.10 Å². The molecule has 2 unspecified atom stereocenters. The van der Waals surface area contributed by atoms with Crippen molar-refractivity contribution in [2.75, 3.05) is 13.6 Å². The number of hydrogen-bond donors (Lipinski definition) is 1. The number of likely N-dealkylation sites (tertiary alicyclic amines) is 1. The number of aryl methyl sites for hydroxylation is 1. The summed E-state index contributed by atoms with van der Waals surface area (Å²) in [4.78, 5) is 2.14. The van der Waals surface area contributed by atoms with Gasteiger partial charge < -0.3 is 10.0 Å². The van der Waals surface area contributed by atoms with E-state index in [-0.39, 0.29) is 0 Å². The van der Waals surface area contributed by atoms with E-state index in [2.05, 4.69) is 38.1 Å². The third-order valence-corrected chi connectivity index (χ3v) is 3.66. The highest BCUT2D eigenvalue weighted by Crippen LogP contribution is 2.37. The predicted molar refractivity (Wildman–Crippen MR) is 59.3 cm³/mol. The van der Waals surface area contributed by atoms with Gasteiger partial charge in [0, 0.05) is 19.6 Å². The summed E-state index contributed by atoms with van der Waals surface area (Å²) in [5, 5.41) is 18.4. The summed E-state index contributed by atoms with van der Waals surface area (Å²) in [6.45, 7) is 2.73. The fraction of sp³-hybridized carbons (Fsp3) is 0.778. The molecular formula is C9H15BrN4O. The van der Waals surface area contributed by atoms with E-state index < -0.39 is 5.60 Å². The van der Waals surface area contributed by atoms with Crippen molar-refractivity contribution in [3.05, 3.63) is 10.3 Å². The molecule has 0 spiro atoms. The zero-order valence-electron chi connectivity index (χ0n) is 9.11. The predicted octanol–water partition coefficient (Wildman–Crippen LogP) is 0.489. The molecule has 0 aliphatic carbocycles. The van der Waals surface area contributed by atoms with E-state index in [0.29, 0.717) is 23.6 Å². The molecule has 1 aliphatic heterocycles. The Morgan fingerprint density at radius 3 is 2.60 bits per heavy atom. The maximum Gasteiger partial charge on any atom is 0.154 e. The molecular weight excluding hydrogens is 260 g/mol. The number of nitrogens with zero attached hydrogens (tertiary/aromatic N) is 4. The fourth-order valence-corrected chi connectivity index (χ4v) is 2.97. The number of likely N-dealkylation sites (N-methyl/N-ethyl adjacent to an activating group) is 1. The Bertz CT molecular complexity index is 349. The SMILES string of the molecule is CC1CC(O)(c2c(Br)nnn2C)CN1C. The van der Waals surface area contributed by atoms with Crippen molar-refractivity contribution in [3.63, 3.8) is 0 Å². The number of aromatic nitrogens is 3. The molecule has 5 nitrogen and oxygen atoms in total. The van der Waals surface area contributed by atoms with Crippen LogP contribution in [-0.2, 0) is 12.6 Å². The van der Waals surface area contributed by atoms with Crippen molar-refractivity contribution in [1.82, 2.24) is 19.9 Å². The Kier molecular flexibility index (Phi) is 2.60. The first kappa shape index (κ1) is 11.0. The lowest BCUT2D eigenvalue weighted by Crippen LogP contribution is -2.32. The van der Waals surface area contributed by atoms with Crippen LogP contribution >= 0.6 is 15.9 Å². The minimum atomic E-state index is -0.842. The summed E-state index contributed by atoms with van der Waals surface area (Å²) in [7, 11) is 3.81. The molecule has 1 fully saturated rings. The maximum atomic E-state index is 10.6. The number of hydrogen-bond acceptors (Lipinski definition) is 4. The largest absolute Gasteiger partial charge is 0.382 e. The summed E-state index contributed by atoms with van der Waals surface area (Å²) >= 11 is 3.33. The first-order valence-electron chi connectivity index (χ1n) is 4.92. The van der Waals surface area contributed by atoms with Crippen LogP contribution < -0.4 is 0 Å². The molecule has 6 heteroatoms. The second kappa shape index (κ2) is 3.54. The van der Waals surface area contributed by atoms with Crippen LogP contribution in [0.25, 0.3) is 0 Å². The van der Waals surface area contributed by atoms with Gasteiger partial charge in [0.25, 0.3) is 0 Å². The van der Waals surface area contributed by atoms with Crippen molar-refractivity contribution >= 4 is 15.9 Å². The Hall–Kier alpha value is -0.460. The standard InChI is InChI=1S/C9H15BrN4O/c1-6-4-9(15,5-13(6)2)7-8(10)11-12-14(7)3/h6,15H,4-5H2,1-3H3.